The zero-order valence-corrected chi connectivity index (χ0v) is 42.0. The van der Waals surface area contributed by atoms with Crippen LogP contribution in [-0.2, 0) is 27.9 Å². The second-order valence-electron chi connectivity index (χ2n) is 20.2. The highest BCUT2D eigenvalue weighted by Gasteiger charge is 2.50. The molecule has 3 rings (SSSR count). The van der Waals surface area contributed by atoms with E-state index in [1.165, 1.54) is 6.07 Å². The van der Waals surface area contributed by atoms with E-state index in [2.05, 4.69) is 89.7 Å². The van der Waals surface area contributed by atoms with Gasteiger partial charge in [-0.1, -0.05) is 92.6 Å². The van der Waals surface area contributed by atoms with Gasteiger partial charge in [0, 0.05) is 33.7 Å². The zero-order valence-electron chi connectivity index (χ0n) is 39.2. The number of carbonyl (C=O) groups is 3. The molecule has 0 saturated carbocycles. The van der Waals surface area contributed by atoms with Crippen molar-refractivity contribution in [2.75, 3.05) is 6.61 Å². The normalized spacial score (nSPS) is 24.2. The molecule has 2 aromatic rings. The minimum atomic E-state index is -2.50. The molecule has 0 bridgehead atoms. The average Bonchev–Trinajstić information content (AvgIpc) is 3.55. The fourth-order valence-electron chi connectivity index (χ4n) is 6.87. The van der Waals surface area contributed by atoms with Gasteiger partial charge in [-0.15, -0.1) is 11.3 Å². The number of hydrogen-bond donors (Lipinski definition) is 0. The van der Waals surface area contributed by atoms with E-state index < -0.39 is 52.1 Å². The van der Waals surface area contributed by atoms with Crippen LogP contribution in [0.4, 0.5) is 5.69 Å². The van der Waals surface area contributed by atoms with Gasteiger partial charge in [-0.25, -0.2) is 9.78 Å². The number of Topliss-reactive ketones (excluding diaryl/α,β-unsaturated/α-hetero) is 1. The first-order valence-corrected chi connectivity index (χ1v) is 28.0. The lowest BCUT2D eigenvalue weighted by Gasteiger charge is -2.46. The Morgan fingerprint density at radius 2 is 1.70 bits per heavy atom. The van der Waals surface area contributed by atoms with E-state index in [9.17, 15) is 9.59 Å². The Labute approximate surface area is 366 Å². The first-order chi connectivity index (χ1) is 27.6. The summed E-state index contributed by atoms with van der Waals surface area (Å²) in [5, 5.41) is 6.26. The van der Waals surface area contributed by atoms with Crippen LogP contribution >= 0.6 is 11.3 Å². The van der Waals surface area contributed by atoms with Crippen molar-refractivity contribution in [3.8, 4) is 0 Å². The van der Waals surface area contributed by atoms with Gasteiger partial charge >= 0.3 is 11.9 Å². The standard InChI is InChI=1S/C46H72N4O7SSi2/c1-30-19-17-20-34(28-54-43(53)35-21-18-22-36(26-35)49-50-47)23-24-38(31(2)25-37-29-58-33(4)48-37)55-40(51)27-39(56-59(13,14)44(5,6)7)46(11,12)42(52)32(3)41(30)57-60(15,16)45(8,9)10/h18,21-23,25-26,29-30,32,38-39,41H,17,19-20,24,27-28H2,1-16H3/b31-25+,34-23+/t30-,32+,38-,39-,41-/m0/s1. The number of aromatic nitrogens is 1. The van der Waals surface area contributed by atoms with Gasteiger partial charge in [0.25, 0.3) is 0 Å². The van der Waals surface area contributed by atoms with Crippen molar-refractivity contribution < 1.29 is 32.7 Å². The third-order valence-corrected chi connectivity index (χ3v) is 22.7. The molecule has 0 radical (unpaired) electrons. The maximum atomic E-state index is 15.1. The third kappa shape index (κ3) is 13.8. The lowest BCUT2D eigenvalue weighted by molar-refractivity contribution is -0.153. The van der Waals surface area contributed by atoms with Crippen molar-refractivity contribution in [3.05, 3.63) is 73.6 Å². The highest BCUT2D eigenvalue weighted by molar-refractivity contribution is 7.09. The Morgan fingerprint density at radius 3 is 2.28 bits per heavy atom. The topological polar surface area (TPSA) is 150 Å². The van der Waals surface area contributed by atoms with E-state index in [1.807, 2.05) is 52.2 Å². The van der Waals surface area contributed by atoms with Gasteiger partial charge in [0.05, 0.1) is 34.9 Å². The number of nitrogens with zero attached hydrogens (tertiary/aromatic N) is 4. The van der Waals surface area contributed by atoms with Crippen LogP contribution in [0.1, 0.15) is 129 Å². The molecule has 1 aromatic heterocycles. The molecule has 60 heavy (non-hydrogen) atoms. The number of rotatable bonds is 10. The van der Waals surface area contributed by atoms with Crippen LogP contribution in [0.15, 0.2) is 52.0 Å². The van der Waals surface area contributed by atoms with Crippen LogP contribution in [0.2, 0.25) is 36.3 Å². The maximum Gasteiger partial charge on any atom is 0.338 e. The van der Waals surface area contributed by atoms with Gasteiger partial charge in [0.1, 0.15) is 18.5 Å². The number of ketones is 1. The predicted octanol–water partition coefficient (Wildman–Crippen LogP) is 13.1. The number of aryl methyl sites for hydroxylation is 1. The summed E-state index contributed by atoms with van der Waals surface area (Å²) in [7, 11) is -4.85. The average molecular weight is 881 g/mol. The zero-order chi connectivity index (χ0) is 45.4. The number of ether oxygens (including phenoxy) is 2. The van der Waals surface area contributed by atoms with Crippen LogP contribution < -0.4 is 0 Å². The van der Waals surface area contributed by atoms with Gasteiger partial charge in [-0.3, -0.25) is 9.59 Å². The van der Waals surface area contributed by atoms with Crippen LogP contribution in [0.5, 0.6) is 0 Å². The van der Waals surface area contributed by atoms with Crippen molar-refractivity contribution >= 4 is 57.5 Å². The summed E-state index contributed by atoms with van der Waals surface area (Å²) in [5.74, 6) is -1.48. The summed E-state index contributed by atoms with van der Waals surface area (Å²) in [6, 6.07) is 6.37. The minimum Gasteiger partial charge on any atom is -0.458 e. The molecule has 5 atom stereocenters. The molecule has 2 heterocycles. The molecule has 0 saturated heterocycles. The fraction of sp³-hybridized carbons (Fsp3) is 0.652. The first kappa shape index (κ1) is 51.0. The monoisotopic (exact) mass is 880 g/mol. The number of esters is 2. The minimum absolute atomic E-state index is 0.00483. The third-order valence-electron chi connectivity index (χ3n) is 12.9. The van der Waals surface area contributed by atoms with Crippen LogP contribution in [0, 0.1) is 24.2 Å². The molecule has 0 unspecified atom stereocenters. The summed E-state index contributed by atoms with van der Waals surface area (Å²) in [6.07, 6.45) is 4.52. The van der Waals surface area contributed by atoms with Crippen molar-refractivity contribution in [2.24, 2.45) is 22.4 Å². The molecule has 332 valence electrons. The SMILES string of the molecule is C/C(=C\c1csc(C)n1)[C@@H]1C/C=C(/COC(=O)c2cccc(N=[N+]=[N-])c2)CCC[C@H](C)[C@H](O[Si](C)(C)C(C)(C)C)[C@@H](C)C(=O)C(C)(C)[C@@H](O[Si](C)(C)C(C)(C)C)CC(=O)O1. The molecular weight excluding hydrogens is 809 g/mol. The second kappa shape index (κ2) is 20.6. The molecule has 0 N–H and O–H groups in total. The Hall–Kier alpha value is -3.40. The van der Waals surface area contributed by atoms with E-state index in [0.29, 0.717) is 18.5 Å². The molecule has 0 amide bonds. The smallest absolute Gasteiger partial charge is 0.338 e. The number of carbonyl (C=O) groups excluding carboxylic acids is 3. The molecule has 0 aliphatic carbocycles. The Morgan fingerprint density at radius 1 is 1.07 bits per heavy atom. The summed E-state index contributed by atoms with van der Waals surface area (Å²) >= 11 is 1.54. The van der Waals surface area contributed by atoms with E-state index in [0.717, 1.165) is 34.7 Å². The van der Waals surface area contributed by atoms with E-state index in [4.69, 9.17) is 23.9 Å². The lowest BCUT2D eigenvalue weighted by atomic mass is 9.73. The number of cyclic esters (lactones) is 1. The molecule has 1 aliphatic heterocycles. The summed E-state index contributed by atoms with van der Waals surface area (Å²) < 4.78 is 26.5. The molecular formula is C46H72N4O7SSi2. The Balaban J connectivity index is 2.16. The molecule has 11 nitrogen and oxygen atoms in total. The lowest BCUT2D eigenvalue weighted by Crippen LogP contribution is -2.54. The summed E-state index contributed by atoms with van der Waals surface area (Å²) in [6.45, 7) is 33.7. The quantitative estimate of drug-likeness (QED) is 0.0571. The Bertz CT molecular complexity index is 1940. The molecule has 1 aliphatic rings. The first-order valence-electron chi connectivity index (χ1n) is 21.3. The number of benzene rings is 1. The van der Waals surface area contributed by atoms with Gasteiger partial charge in [-0.2, -0.15) is 0 Å². The number of hydrogen-bond acceptors (Lipinski definition) is 10. The van der Waals surface area contributed by atoms with Crippen molar-refractivity contribution in [2.45, 2.75) is 170 Å². The second-order valence-corrected chi connectivity index (χ2v) is 30.8. The highest BCUT2D eigenvalue weighted by atomic mass is 32.1. The maximum absolute atomic E-state index is 15.1. The van der Waals surface area contributed by atoms with Crippen molar-refractivity contribution in [3.63, 3.8) is 0 Å². The van der Waals surface area contributed by atoms with Crippen LogP contribution in [-0.4, -0.2) is 64.3 Å². The predicted molar refractivity (Wildman–Crippen MR) is 248 cm³/mol. The molecule has 0 fully saturated rings. The van der Waals surface area contributed by atoms with Crippen molar-refractivity contribution in [1.82, 2.24) is 4.98 Å². The number of azide groups is 1. The fourth-order valence-corrected chi connectivity index (χ4v) is 10.4. The van der Waals surface area contributed by atoms with Crippen LogP contribution in [0.25, 0.3) is 16.5 Å². The van der Waals surface area contributed by atoms with Crippen molar-refractivity contribution in [1.29, 1.82) is 0 Å². The van der Waals surface area contributed by atoms with Gasteiger partial charge in [0.15, 0.2) is 16.6 Å². The van der Waals surface area contributed by atoms with E-state index in [1.54, 1.807) is 29.5 Å². The van der Waals surface area contributed by atoms with E-state index >= 15 is 4.79 Å². The Kier molecular flexibility index (Phi) is 17.5. The summed E-state index contributed by atoms with van der Waals surface area (Å²) in [5.41, 5.74) is 10.9. The largest absolute Gasteiger partial charge is 0.458 e. The number of thiazole rings is 1. The molecule has 0 spiro atoms. The highest BCUT2D eigenvalue weighted by Crippen LogP contribution is 2.44. The van der Waals surface area contributed by atoms with Crippen LogP contribution in [0.3, 0.4) is 0 Å². The van der Waals surface area contributed by atoms with Gasteiger partial charge in [-0.05, 0) is 110 Å². The molecule has 14 heteroatoms. The van der Waals surface area contributed by atoms with Gasteiger partial charge in [0.2, 0.25) is 0 Å². The van der Waals surface area contributed by atoms with Gasteiger partial charge < -0.3 is 18.3 Å². The summed E-state index contributed by atoms with van der Waals surface area (Å²) in [4.78, 5) is 50.2. The van der Waals surface area contributed by atoms with E-state index in [-0.39, 0.29) is 46.5 Å². The molecule has 1 aromatic carbocycles.